The molecule has 10 nitrogen and oxygen atoms in total. The van der Waals surface area contributed by atoms with Crippen LogP contribution < -0.4 is 9.64 Å². The zero-order valence-corrected chi connectivity index (χ0v) is 22.4. The van der Waals surface area contributed by atoms with Crippen LogP contribution in [0.5, 0.6) is 6.01 Å². The second-order valence-electron chi connectivity index (χ2n) is 9.91. The van der Waals surface area contributed by atoms with E-state index in [0.717, 1.165) is 61.9 Å². The van der Waals surface area contributed by atoms with Crippen LogP contribution in [0.3, 0.4) is 0 Å². The van der Waals surface area contributed by atoms with Crippen molar-refractivity contribution in [1.29, 1.82) is 0 Å². The number of carboxylic acids is 1. The molecule has 0 radical (unpaired) electrons. The van der Waals surface area contributed by atoms with Crippen LogP contribution in [0.4, 0.5) is 10.2 Å². The number of benzene rings is 2. The van der Waals surface area contributed by atoms with Crippen LogP contribution in [-0.2, 0) is 24.4 Å². The highest BCUT2D eigenvalue weighted by Gasteiger charge is 2.25. The van der Waals surface area contributed by atoms with Crippen LogP contribution >= 0.6 is 11.6 Å². The summed E-state index contributed by atoms with van der Waals surface area (Å²) < 4.78 is 27.5. The Kier molecular flexibility index (Phi) is 7.50. The normalized spacial score (nSPS) is 17.6. The maximum atomic E-state index is 14.1. The van der Waals surface area contributed by atoms with Crippen molar-refractivity contribution in [3.63, 3.8) is 0 Å². The summed E-state index contributed by atoms with van der Waals surface area (Å²) >= 11 is 5.82. The summed E-state index contributed by atoms with van der Waals surface area (Å²) in [6.45, 7) is 5.12. The molecule has 2 saturated heterocycles. The lowest BCUT2D eigenvalue weighted by atomic mass is 10.1. The summed E-state index contributed by atoms with van der Waals surface area (Å²) in [5.41, 5.74) is 2.22. The van der Waals surface area contributed by atoms with Gasteiger partial charge in [-0.3, -0.25) is 4.90 Å². The Morgan fingerprint density at radius 1 is 1.12 bits per heavy atom. The molecule has 40 heavy (non-hydrogen) atoms. The molecule has 2 fully saturated rings. The molecule has 4 aromatic rings. The van der Waals surface area contributed by atoms with E-state index in [4.69, 9.17) is 26.1 Å². The second kappa shape index (κ2) is 11.4. The topological polar surface area (TPSA) is 106 Å². The molecule has 1 N–H and O–H groups in total. The molecule has 208 valence electrons. The highest BCUT2D eigenvalue weighted by atomic mass is 35.5. The molecule has 2 aromatic heterocycles. The van der Waals surface area contributed by atoms with Gasteiger partial charge in [-0.25, -0.2) is 19.2 Å². The first-order valence-corrected chi connectivity index (χ1v) is 13.5. The maximum Gasteiger partial charge on any atom is 0.335 e. The standard InChI is InChI=1S/C28H28ClFN6O4/c29-20-3-1-19(22(30)14-20)17-40-28-31-7-5-25(33-28)35-10-8-34(9-11-35)16-26-32-23-4-2-18(27(37)38)13-24(23)36(26)15-21-6-12-39-21/h1-5,7,13-14,21H,6,8-12,15-17H2,(H,37,38)/t21-/m0/s1. The van der Waals surface area contributed by atoms with E-state index in [2.05, 4.69) is 24.3 Å². The van der Waals surface area contributed by atoms with E-state index < -0.39 is 11.8 Å². The predicted octanol–water partition coefficient (Wildman–Crippen LogP) is 4.01. The molecule has 2 aliphatic rings. The zero-order valence-electron chi connectivity index (χ0n) is 21.7. The van der Waals surface area contributed by atoms with E-state index in [-0.39, 0.29) is 24.3 Å². The molecular formula is C28H28ClFN6O4. The van der Waals surface area contributed by atoms with Crippen molar-refractivity contribution in [1.82, 2.24) is 24.4 Å². The average Bonchev–Trinajstić information content (AvgIpc) is 3.26. The van der Waals surface area contributed by atoms with Gasteiger partial charge in [0, 0.05) is 49.6 Å². The first-order valence-electron chi connectivity index (χ1n) is 13.1. The molecule has 0 aliphatic carbocycles. The van der Waals surface area contributed by atoms with Crippen LogP contribution in [0.25, 0.3) is 11.0 Å². The first-order chi connectivity index (χ1) is 19.4. The lowest BCUT2D eigenvalue weighted by molar-refractivity contribution is -0.0592. The van der Waals surface area contributed by atoms with E-state index in [9.17, 15) is 14.3 Å². The third kappa shape index (κ3) is 5.72. The van der Waals surface area contributed by atoms with E-state index in [1.807, 2.05) is 6.07 Å². The zero-order chi connectivity index (χ0) is 27.6. The number of hydrogen-bond acceptors (Lipinski definition) is 8. The van der Waals surface area contributed by atoms with Crippen LogP contribution in [0.2, 0.25) is 5.02 Å². The average molecular weight is 567 g/mol. The lowest BCUT2D eigenvalue weighted by Gasteiger charge is -2.35. The van der Waals surface area contributed by atoms with Crippen LogP contribution in [0, 0.1) is 5.82 Å². The number of carbonyl (C=O) groups is 1. The summed E-state index contributed by atoms with van der Waals surface area (Å²) in [5, 5.41) is 9.81. The number of nitrogens with zero attached hydrogens (tertiary/aromatic N) is 6. The largest absolute Gasteiger partial charge is 0.478 e. The van der Waals surface area contributed by atoms with Gasteiger partial charge in [-0.05, 0) is 42.8 Å². The molecule has 0 amide bonds. The van der Waals surface area contributed by atoms with Crippen molar-refractivity contribution in [3.05, 3.63) is 76.5 Å². The minimum absolute atomic E-state index is 0.00108. The van der Waals surface area contributed by atoms with Gasteiger partial charge in [-0.1, -0.05) is 17.7 Å². The van der Waals surface area contributed by atoms with Crippen LogP contribution in [-0.4, -0.2) is 74.4 Å². The van der Waals surface area contributed by atoms with Gasteiger partial charge in [-0.15, -0.1) is 0 Å². The number of aromatic carboxylic acids is 1. The molecule has 4 heterocycles. The summed E-state index contributed by atoms with van der Waals surface area (Å²) in [4.78, 5) is 29.6. The van der Waals surface area contributed by atoms with Gasteiger partial charge in [0.2, 0.25) is 0 Å². The molecule has 1 atom stereocenters. The second-order valence-corrected chi connectivity index (χ2v) is 10.4. The van der Waals surface area contributed by atoms with Crippen molar-refractivity contribution in [2.45, 2.75) is 32.2 Å². The van der Waals surface area contributed by atoms with E-state index in [1.165, 1.54) is 6.07 Å². The predicted molar refractivity (Wildman–Crippen MR) is 146 cm³/mol. The van der Waals surface area contributed by atoms with Crippen molar-refractivity contribution >= 4 is 34.4 Å². The highest BCUT2D eigenvalue weighted by molar-refractivity contribution is 6.30. The quantitative estimate of drug-likeness (QED) is 0.322. The fourth-order valence-electron chi connectivity index (χ4n) is 4.96. The van der Waals surface area contributed by atoms with Crippen LogP contribution in [0.1, 0.15) is 28.2 Å². The van der Waals surface area contributed by atoms with Crippen LogP contribution in [0.15, 0.2) is 48.7 Å². The number of imidazole rings is 1. The summed E-state index contributed by atoms with van der Waals surface area (Å²) in [7, 11) is 0. The first kappa shape index (κ1) is 26.4. The molecular weight excluding hydrogens is 539 g/mol. The Labute approximate surface area is 234 Å². The summed E-state index contributed by atoms with van der Waals surface area (Å²) in [6.07, 6.45) is 2.74. The number of rotatable bonds is 9. The summed E-state index contributed by atoms with van der Waals surface area (Å²) in [6, 6.07) is 11.5. The van der Waals surface area contributed by atoms with Gasteiger partial charge < -0.3 is 24.0 Å². The number of fused-ring (bicyclic) bond motifs is 1. The molecule has 2 aliphatic heterocycles. The Bertz CT molecular complexity index is 1540. The van der Waals surface area contributed by atoms with Gasteiger partial charge in [-0.2, -0.15) is 4.98 Å². The third-order valence-electron chi connectivity index (χ3n) is 7.31. The maximum absolute atomic E-state index is 14.1. The Morgan fingerprint density at radius 2 is 1.95 bits per heavy atom. The van der Waals surface area contributed by atoms with Gasteiger partial charge >= 0.3 is 12.0 Å². The fraction of sp³-hybridized carbons (Fsp3) is 0.357. The SMILES string of the molecule is O=C(O)c1ccc2nc(CN3CCN(c4ccnc(OCc5ccc(Cl)cc5F)n4)CC3)n(C[C@@H]3CCO3)c2c1. The number of anilines is 1. The Morgan fingerprint density at radius 3 is 2.67 bits per heavy atom. The van der Waals surface area contributed by atoms with Crippen molar-refractivity contribution < 1.29 is 23.8 Å². The number of piperazine rings is 1. The molecule has 12 heteroatoms. The monoisotopic (exact) mass is 566 g/mol. The fourth-order valence-corrected chi connectivity index (χ4v) is 5.11. The van der Waals surface area contributed by atoms with Crippen molar-refractivity contribution in [2.24, 2.45) is 0 Å². The van der Waals surface area contributed by atoms with E-state index in [1.54, 1.807) is 36.5 Å². The van der Waals surface area contributed by atoms with Gasteiger partial charge in [0.15, 0.2) is 0 Å². The van der Waals surface area contributed by atoms with Gasteiger partial charge in [0.1, 0.15) is 24.1 Å². The third-order valence-corrected chi connectivity index (χ3v) is 7.54. The number of ether oxygens (including phenoxy) is 2. The highest BCUT2D eigenvalue weighted by Crippen LogP contribution is 2.24. The molecule has 2 aromatic carbocycles. The minimum Gasteiger partial charge on any atom is -0.478 e. The minimum atomic E-state index is -0.956. The molecule has 0 saturated carbocycles. The Balaban J connectivity index is 1.11. The summed E-state index contributed by atoms with van der Waals surface area (Å²) in [5.74, 6) is 0.254. The number of aromatic nitrogens is 4. The molecule has 0 spiro atoms. The molecule has 6 rings (SSSR count). The molecule has 0 unspecified atom stereocenters. The lowest BCUT2D eigenvalue weighted by Crippen LogP contribution is -2.46. The van der Waals surface area contributed by atoms with Crippen molar-refractivity contribution in [2.75, 3.05) is 37.7 Å². The van der Waals surface area contributed by atoms with E-state index >= 15 is 0 Å². The number of hydrogen-bond donors (Lipinski definition) is 1. The van der Waals surface area contributed by atoms with E-state index in [0.29, 0.717) is 23.7 Å². The molecule has 0 bridgehead atoms. The van der Waals surface area contributed by atoms with Gasteiger partial charge in [0.05, 0.1) is 35.8 Å². The Hall–Kier alpha value is -3.80. The smallest absolute Gasteiger partial charge is 0.335 e. The van der Waals surface area contributed by atoms with Crippen molar-refractivity contribution in [3.8, 4) is 6.01 Å². The number of carboxylic acid groups (broad SMARTS) is 1. The van der Waals surface area contributed by atoms with Gasteiger partial charge in [0.25, 0.3) is 0 Å². The number of halogens is 2.